The van der Waals surface area contributed by atoms with E-state index in [9.17, 15) is 44.3 Å². The smallest absolute Gasteiger partial charge is 0.478 e. The van der Waals surface area contributed by atoms with Gasteiger partial charge in [0.1, 0.15) is 18.2 Å². The zero-order valence-corrected chi connectivity index (χ0v) is 20.7. The maximum Gasteiger partial charge on any atom is 0.518 e. The van der Waals surface area contributed by atoms with E-state index >= 15 is 0 Å². The molecule has 0 fully saturated rings. The predicted molar refractivity (Wildman–Crippen MR) is 125 cm³/mol. The lowest BCUT2D eigenvalue weighted by Crippen LogP contribution is -2.37. The van der Waals surface area contributed by atoms with Crippen LogP contribution in [0.3, 0.4) is 0 Å². The second-order valence-corrected chi connectivity index (χ2v) is 8.40. The fourth-order valence-electron chi connectivity index (χ4n) is 2.03. The lowest BCUT2D eigenvalue weighted by Gasteiger charge is -2.10. The molecular formula is C18H24F6N8O6S. The van der Waals surface area contributed by atoms with Crippen molar-refractivity contribution < 1.29 is 54.6 Å². The third-order valence-corrected chi connectivity index (χ3v) is 4.63. The van der Waals surface area contributed by atoms with Crippen molar-refractivity contribution in [3.05, 3.63) is 30.2 Å². The maximum atomic E-state index is 12.3. The molecular weight excluding hydrogens is 570 g/mol. The van der Waals surface area contributed by atoms with Gasteiger partial charge >= 0.3 is 33.6 Å². The number of carbonyl (C=O) groups is 2. The highest BCUT2D eigenvalue weighted by molar-refractivity contribution is 7.91. The summed E-state index contributed by atoms with van der Waals surface area (Å²) in [6.07, 6.45) is -0.853. The van der Waals surface area contributed by atoms with E-state index in [1.165, 1.54) is 19.3 Å². The van der Waals surface area contributed by atoms with E-state index in [1.54, 1.807) is 0 Å². The van der Waals surface area contributed by atoms with Gasteiger partial charge in [-0.15, -0.1) is 4.40 Å². The van der Waals surface area contributed by atoms with Crippen molar-refractivity contribution in [3.63, 3.8) is 0 Å². The number of nitrogens with one attached hydrogen (secondary N) is 3. The predicted octanol–water partition coefficient (Wildman–Crippen LogP) is 0.815. The first kappa shape index (κ1) is 34.8. The van der Waals surface area contributed by atoms with Crippen LogP contribution in [0.25, 0.3) is 0 Å². The first-order valence-corrected chi connectivity index (χ1v) is 11.7. The Morgan fingerprint density at radius 2 is 1.69 bits per heavy atom. The van der Waals surface area contributed by atoms with E-state index in [0.717, 1.165) is 0 Å². The molecule has 0 aliphatic carbocycles. The molecule has 0 spiro atoms. The Bertz CT molecular complexity index is 1140. The molecule has 0 saturated carbocycles. The molecule has 0 bridgehead atoms. The second kappa shape index (κ2) is 15.9. The number of halogens is 6. The fourth-order valence-corrected chi connectivity index (χ4v) is 2.53. The van der Waals surface area contributed by atoms with Gasteiger partial charge in [0.2, 0.25) is 5.96 Å². The topological polar surface area (TPSA) is 221 Å². The van der Waals surface area contributed by atoms with E-state index in [-0.39, 0.29) is 12.4 Å². The number of alkyl halides is 6. The van der Waals surface area contributed by atoms with Crippen LogP contribution in [-0.2, 0) is 26.0 Å². The molecule has 0 aliphatic heterocycles. The molecule has 1 aromatic heterocycles. The SMILES string of the molecule is CN/C(=N/S(=O)(=O)C(F)(F)F)NCCCCc1nccc(N/C(N)=N\CC(F)(F)F)n1.O=C(O)/C=C\C(=O)O. The van der Waals surface area contributed by atoms with E-state index in [4.69, 9.17) is 15.9 Å². The van der Waals surface area contributed by atoms with Gasteiger partial charge in [0.25, 0.3) is 0 Å². The van der Waals surface area contributed by atoms with Crippen LogP contribution in [0, 0.1) is 0 Å². The summed E-state index contributed by atoms with van der Waals surface area (Å²) in [4.78, 5) is 30.3. The number of nitrogens with two attached hydrogens (primary N) is 1. The van der Waals surface area contributed by atoms with Crippen molar-refractivity contribution >= 4 is 39.7 Å². The molecule has 0 saturated heterocycles. The summed E-state index contributed by atoms with van der Waals surface area (Å²) >= 11 is 0. The number of aryl methyl sites for hydroxylation is 1. The summed E-state index contributed by atoms with van der Waals surface area (Å²) in [5, 5.41) is 22.7. The second-order valence-electron chi connectivity index (χ2n) is 6.80. The monoisotopic (exact) mass is 594 g/mol. The molecule has 0 unspecified atom stereocenters. The molecule has 0 aliphatic rings. The number of aliphatic carboxylic acids is 2. The van der Waals surface area contributed by atoms with E-state index in [1.807, 2.05) is 0 Å². The molecule has 0 radical (unpaired) electrons. The Morgan fingerprint density at radius 1 is 1.10 bits per heavy atom. The summed E-state index contributed by atoms with van der Waals surface area (Å²) in [6, 6.07) is 1.37. The van der Waals surface area contributed by atoms with Gasteiger partial charge in [-0.25, -0.2) is 24.5 Å². The molecule has 0 amide bonds. The van der Waals surface area contributed by atoms with Gasteiger partial charge in [-0.1, -0.05) is 0 Å². The lowest BCUT2D eigenvalue weighted by molar-refractivity contribution is -0.134. The number of aromatic nitrogens is 2. The summed E-state index contributed by atoms with van der Waals surface area (Å²) in [5.74, 6) is -3.09. The average Bonchev–Trinajstić information content (AvgIpc) is 2.80. The molecule has 1 heterocycles. The van der Waals surface area contributed by atoms with Crippen LogP contribution in [0.2, 0.25) is 0 Å². The van der Waals surface area contributed by atoms with Gasteiger partial charge in [0.15, 0.2) is 5.96 Å². The molecule has 220 valence electrons. The van der Waals surface area contributed by atoms with Crippen molar-refractivity contribution in [2.24, 2.45) is 15.1 Å². The van der Waals surface area contributed by atoms with Crippen molar-refractivity contribution in [1.82, 2.24) is 20.6 Å². The largest absolute Gasteiger partial charge is 0.518 e. The average molecular weight is 594 g/mol. The molecule has 1 aromatic rings. The fraction of sp³-hybridized carbons (Fsp3) is 0.444. The number of guanidine groups is 2. The molecule has 0 aromatic carbocycles. The third kappa shape index (κ3) is 17.1. The highest BCUT2D eigenvalue weighted by atomic mass is 32.2. The minimum atomic E-state index is -5.67. The highest BCUT2D eigenvalue weighted by Gasteiger charge is 2.46. The van der Waals surface area contributed by atoms with Gasteiger partial charge in [0, 0.05) is 38.4 Å². The Labute approximate surface area is 217 Å². The Morgan fingerprint density at radius 3 is 2.18 bits per heavy atom. The zero-order valence-electron chi connectivity index (χ0n) is 19.9. The number of rotatable bonds is 10. The number of nitrogens with zero attached hydrogens (tertiary/aromatic N) is 4. The Hall–Kier alpha value is -4.17. The quantitative estimate of drug-likeness (QED) is 0.0729. The number of sulfonamides is 1. The van der Waals surface area contributed by atoms with Gasteiger partial charge in [-0.05, 0) is 18.9 Å². The maximum absolute atomic E-state index is 12.3. The minimum Gasteiger partial charge on any atom is -0.478 e. The van der Waals surface area contributed by atoms with Gasteiger partial charge < -0.3 is 31.9 Å². The number of carboxylic acids is 2. The summed E-state index contributed by atoms with van der Waals surface area (Å²) in [6.45, 7) is -1.35. The van der Waals surface area contributed by atoms with Crippen LogP contribution in [-0.4, -0.2) is 84.3 Å². The number of anilines is 1. The van der Waals surface area contributed by atoms with Crippen molar-refractivity contribution in [2.75, 3.05) is 25.5 Å². The molecule has 14 nitrogen and oxygen atoms in total. The molecule has 0 atom stereocenters. The van der Waals surface area contributed by atoms with Gasteiger partial charge in [-0.2, -0.15) is 34.8 Å². The van der Waals surface area contributed by atoms with Crippen LogP contribution >= 0.6 is 0 Å². The third-order valence-electron chi connectivity index (χ3n) is 3.62. The highest BCUT2D eigenvalue weighted by Crippen LogP contribution is 2.24. The number of unbranched alkanes of at least 4 members (excludes halogenated alkanes) is 1. The number of aliphatic imine (C=N–C) groups is 1. The molecule has 7 N–H and O–H groups in total. The minimum absolute atomic E-state index is 0.0992. The van der Waals surface area contributed by atoms with Crippen LogP contribution in [0.15, 0.2) is 33.8 Å². The standard InChI is InChI=1S/C14H20F6N8O2S.C4H4O4/c1-22-12(28-31(29,30)14(18,19)20)24-6-3-2-4-9-23-7-5-10(26-9)27-11(21)25-8-13(15,16)17;5-3(6)1-2-4(7)8/h5,7H,2-4,6,8H2,1H3,(H2,22,24,28)(H3,21,23,25,26,27);1-2H,(H,5,6)(H,7,8)/b;2-1-. The molecule has 1 rings (SSSR count). The first-order valence-electron chi connectivity index (χ1n) is 10.3. The normalized spacial score (nSPS) is 12.9. The van der Waals surface area contributed by atoms with Gasteiger partial charge in [0.05, 0.1) is 0 Å². The molecule has 39 heavy (non-hydrogen) atoms. The lowest BCUT2D eigenvalue weighted by atomic mass is 10.2. The van der Waals surface area contributed by atoms with Crippen LogP contribution in [0.1, 0.15) is 18.7 Å². The number of carboxylic acid groups (broad SMARTS) is 2. The van der Waals surface area contributed by atoms with E-state index < -0.39 is 52.1 Å². The Kier molecular flexibility index (Phi) is 14.2. The van der Waals surface area contributed by atoms with Gasteiger partial charge in [-0.3, -0.25) is 0 Å². The van der Waals surface area contributed by atoms with Crippen molar-refractivity contribution in [1.29, 1.82) is 0 Å². The van der Waals surface area contributed by atoms with Crippen LogP contribution < -0.4 is 21.7 Å². The van der Waals surface area contributed by atoms with Crippen LogP contribution in [0.5, 0.6) is 0 Å². The van der Waals surface area contributed by atoms with Crippen molar-refractivity contribution in [3.8, 4) is 0 Å². The van der Waals surface area contributed by atoms with Crippen LogP contribution in [0.4, 0.5) is 32.2 Å². The van der Waals surface area contributed by atoms with E-state index in [0.29, 0.717) is 37.2 Å². The summed E-state index contributed by atoms with van der Waals surface area (Å²) in [5.41, 5.74) is -0.151. The molecule has 21 heteroatoms. The zero-order chi connectivity index (χ0) is 30.3. The summed E-state index contributed by atoms with van der Waals surface area (Å²) < 4.78 is 98.0. The first-order chi connectivity index (χ1) is 17.9. The number of hydrogen-bond donors (Lipinski definition) is 6. The van der Waals surface area contributed by atoms with E-state index in [2.05, 4.69) is 35.3 Å². The summed E-state index contributed by atoms with van der Waals surface area (Å²) in [7, 11) is -4.47. The Balaban J connectivity index is 0.00000156. The number of hydrogen-bond acceptors (Lipinski definition) is 7. The van der Waals surface area contributed by atoms with Crippen molar-refractivity contribution in [2.45, 2.75) is 30.9 Å².